The van der Waals surface area contributed by atoms with E-state index in [-0.39, 0.29) is 24.0 Å². The van der Waals surface area contributed by atoms with Gasteiger partial charge in [-0.3, -0.25) is 5.11 Å². The molecule has 1 radical (unpaired) electrons. The summed E-state index contributed by atoms with van der Waals surface area (Å²) in [6.07, 6.45) is 1.21. The fourth-order valence-corrected chi connectivity index (χ4v) is 3.49. The number of halogens is 6. The number of alkyl halides is 2. The first kappa shape index (κ1) is 23.5. The van der Waals surface area contributed by atoms with Crippen LogP contribution in [0.2, 0.25) is 0 Å². The van der Waals surface area contributed by atoms with Crippen LogP contribution in [0.1, 0.15) is 30.0 Å². The van der Waals surface area contributed by atoms with E-state index in [1.807, 2.05) is 6.92 Å². The lowest BCUT2D eigenvalue weighted by Crippen LogP contribution is -2.07. The minimum atomic E-state index is -3.41. The fourth-order valence-electron chi connectivity index (χ4n) is 3.49. The van der Waals surface area contributed by atoms with E-state index >= 15 is 4.39 Å². The average molecular weight is 453 g/mol. The summed E-state index contributed by atoms with van der Waals surface area (Å²) in [7, 11) is 0. The Morgan fingerprint density at radius 2 is 1.44 bits per heavy atom. The van der Waals surface area contributed by atoms with E-state index < -0.39 is 46.9 Å². The summed E-state index contributed by atoms with van der Waals surface area (Å²) in [5, 5.41) is 12.3. The molecule has 0 heterocycles. The lowest BCUT2D eigenvalue weighted by atomic mass is 9.95. The predicted molar refractivity (Wildman–Crippen MR) is 106 cm³/mol. The van der Waals surface area contributed by atoms with Crippen LogP contribution in [0.4, 0.5) is 26.3 Å². The van der Waals surface area contributed by atoms with E-state index in [0.717, 1.165) is 30.5 Å². The highest BCUT2D eigenvalue weighted by Crippen LogP contribution is 2.36. The molecule has 8 heteroatoms. The van der Waals surface area contributed by atoms with E-state index in [1.165, 1.54) is 0 Å². The summed E-state index contributed by atoms with van der Waals surface area (Å²) in [6.45, 7) is -1.40. The summed E-state index contributed by atoms with van der Waals surface area (Å²) >= 11 is 0. The van der Waals surface area contributed by atoms with Gasteiger partial charge >= 0.3 is 6.61 Å². The van der Waals surface area contributed by atoms with Gasteiger partial charge in [0.05, 0.1) is 5.56 Å². The summed E-state index contributed by atoms with van der Waals surface area (Å²) < 4.78 is 85.5. The lowest BCUT2D eigenvalue weighted by molar-refractivity contribution is -0.0546. The molecule has 0 aliphatic rings. The van der Waals surface area contributed by atoms with Crippen LogP contribution in [-0.2, 0) is 24.4 Å². The average Bonchev–Trinajstić information content (AvgIpc) is 2.71. The van der Waals surface area contributed by atoms with Gasteiger partial charge in [0, 0.05) is 11.6 Å². The first-order valence-electron chi connectivity index (χ1n) is 9.91. The molecule has 0 fully saturated rings. The van der Waals surface area contributed by atoms with Gasteiger partial charge in [0.2, 0.25) is 0 Å². The second-order valence-corrected chi connectivity index (χ2v) is 7.24. The molecule has 0 spiro atoms. The molecule has 3 rings (SSSR count). The maximum absolute atomic E-state index is 15.1. The number of rotatable bonds is 8. The largest absolute Gasteiger partial charge is 0.429 e. The molecule has 0 amide bonds. The molecule has 32 heavy (non-hydrogen) atoms. The second-order valence-electron chi connectivity index (χ2n) is 7.24. The van der Waals surface area contributed by atoms with Crippen LogP contribution < -0.4 is 4.74 Å². The zero-order valence-electron chi connectivity index (χ0n) is 17.0. The maximum atomic E-state index is 15.1. The lowest BCUT2D eigenvalue weighted by Gasteiger charge is -2.13. The minimum Gasteiger partial charge on any atom is -0.429 e. The van der Waals surface area contributed by atoms with Gasteiger partial charge in [-0.25, -0.2) is 17.6 Å². The standard InChI is InChI=1S/C24H19F6O2/c1-2-3-13-4-7-15(8-5-13)21-20(31)12-17(25)16(22(21)28)9-6-14-10-18(26)23(19(27)11-14)32-24(29)30/h4-5,7-8,10-12,24H,2-3,6,9H2,1H3. The maximum Gasteiger partial charge on any atom is 0.387 e. The molecule has 3 aromatic carbocycles. The minimum absolute atomic E-state index is 0.0166. The van der Waals surface area contributed by atoms with Crippen LogP contribution >= 0.6 is 0 Å². The van der Waals surface area contributed by atoms with Crippen molar-refractivity contribution in [3.63, 3.8) is 0 Å². The second kappa shape index (κ2) is 9.97. The van der Waals surface area contributed by atoms with Crippen LogP contribution in [0, 0.1) is 23.3 Å². The Bertz CT molecular complexity index is 1070. The van der Waals surface area contributed by atoms with E-state index in [1.54, 1.807) is 24.3 Å². The van der Waals surface area contributed by atoms with Crippen molar-refractivity contribution in [3.05, 3.63) is 82.4 Å². The van der Waals surface area contributed by atoms with Crippen molar-refractivity contribution in [1.29, 1.82) is 0 Å². The molecule has 0 unspecified atom stereocenters. The molecular formula is C24H19F6O2. The molecule has 0 saturated carbocycles. The molecule has 2 nitrogen and oxygen atoms in total. The van der Waals surface area contributed by atoms with E-state index in [0.29, 0.717) is 11.6 Å². The topological polar surface area (TPSA) is 29.1 Å². The number of ether oxygens (including phenoxy) is 1. The monoisotopic (exact) mass is 453 g/mol. The van der Waals surface area contributed by atoms with Crippen LogP contribution in [0.25, 0.3) is 11.1 Å². The summed E-state index contributed by atoms with van der Waals surface area (Å²) in [5.41, 5.74) is 0.583. The highest BCUT2D eigenvalue weighted by Gasteiger charge is 2.22. The van der Waals surface area contributed by atoms with Gasteiger partial charge < -0.3 is 4.74 Å². The van der Waals surface area contributed by atoms with Gasteiger partial charge in [-0.2, -0.15) is 8.78 Å². The molecule has 169 valence electrons. The Hall–Kier alpha value is -3.16. The molecular weight excluding hydrogens is 434 g/mol. The normalized spacial score (nSPS) is 11.2. The number of hydrogen-bond acceptors (Lipinski definition) is 1. The third-order valence-corrected chi connectivity index (χ3v) is 4.99. The number of benzene rings is 3. The Balaban J connectivity index is 1.88. The van der Waals surface area contributed by atoms with Crippen LogP contribution in [0.3, 0.4) is 0 Å². The molecule has 0 N–H and O–H groups in total. The Morgan fingerprint density at radius 3 is 2.00 bits per heavy atom. The fraction of sp³-hybridized carbons (Fsp3) is 0.250. The molecule has 0 aromatic heterocycles. The van der Waals surface area contributed by atoms with Gasteiger partial charge in [0.1, 0.15) is 11.6 Å². The van der Waals surface area contributed by atoms with E-state index in [9.17, 15) is 27.1 Å². The van der Waals surface area contributed by atoms with E-state index in [4.69, 9.17) is 0 Å². The SMILES string of the molecule is CCCc1ccc(-c2c([O])cc(F)c(CCc3cc(F)c(OC(F)F)c(F)c3)c2F)cc1. The highest BCUT2D eigenvalue weighted by atomic mass is 19.3. The Kier molecular flexibility index (Phi) is 7.33. The van der Waals surface area contributed by atoms with Crippen LogP contribution in [0.5, 0.6) is 11.5 Å². The summed E-state index contributed by atoms with van der Waals surface area (Å²) in [6, 6.07) is 8.87. The molecule has 0 atom stereocenters. The quantitative estimate of drug-likeness (QED) is 0.327. The van der Waals surface area contributed by atoms with Gasteiger partial charge in [0.15, 0.2) is 23.1 Å². The number of aryl methyl sites for hydroxylation is 2. The molecule has 0 aliphatic heterocycles. The summed E-state index contributed by atoms with van der Waals surface area (Å²) in [4.78, 5) is 0. The smallest absolute Gasteiger partial charge is 0.387 e. The van der Waals surface area contributed by atoms with Crippen molar-refractivity contribution in [1.82, 2.24) is 0 Å². The van der Waals surface area contributed by atoms with Crippen molar-refractivity contribution in [2.75, 3.05) is 0 Å². The molecule has 0 aliphatic carbocycles. The van der Waals surface area contributed by atoms with Gasteiger partial charge in [-0.1, -0.05) is 37.6 Å². The third-order valence-electron chi connectivity index (χ3n) is 4.99. The van der Waals surface area contributed by atoms with Crippen molar-refractivity contribution >= 4 is 0 Å². The Morgan fingerprint density at radius 1 is 0.812 bits per heavy atom. The van der Waals surface area contributed by atoms with Gasteiger partial charge in [-0.05, 0) is 48.1 Å². The van der Waals surface area contributed by atoms with E-state index in [2.05, 4.69) is 4.74 Å². The molecule has 0 saturated heterocycles. The molecule has 3 aromatic rings. The first-order valence-corrected chi connectivity index (χ1v) is 9.91. The zero-order valence-corrected chi connectivity index (χ0v) is 17.0. The zero-order chi connectivity index (χ0) is 23.4. The predicted octanol–water partition coefficient (Wildman–Crippen LogP) is 7.39. The highest BCUT2D eigenvalue weighted by molar-refractivity contribution is 5.72. The van der Waals surface area contributed by atoms with Gasteiger partial charge in [0.25, 0.3) is 0 Å². The van der Waals surface area contributed by atoms with Crippen molar-refractivity contribution in [3.8, 4) is 22.6 Å². The number of hydrogen-bond donors (Lipinski definition) is 0. The third kappa shape index (κ3) is 5.18. The van der Waals surface area contributed by atoms with Gasteiger partial charge in [-0.15, -0.1) is 0 Å². The van der Waals surface area contributed by atoms with Crippen molar-refractivity contribution in [2.24, 2.45) is 0 Å². The van der Waals surface area contributed by atoms with Crippen molar-refractivity contribution < 1.29 is 36.2 Å². The van der Waals surface area contributed by atoms with Crippen molar-refractivity contribution in [2.45, 2.75) is 39.2 Å². The van der Waals surface area contributed by atoms with Crippen LogP contribution in [-0.4, -0.2) is 6.61 Å². The van der Waals surface area contributed by atoms with Crippen LogP contribution in [0.15, 0.2) is 42.5 Å². The first-order chi connectivity index (χ1) is 15.2. The molecule has 0 bridgehead atoms. The summed E-state index contributed by atoms with van der Waals surface area (Å²) in [5.74, 6) is -6.88. The Labute approximate surface area is 181 Å².